The Kier molecular flexibility index (Phi) is 17.7. The summed E-state index contributed by atoms with van der Waals surface area (Å²) in [7, 11) is 2.00. The van der Waals surface area contributed by atoms with Crippen LogP contribution in [0.25, 0.3) is 0 Å². The van der Waals surface area contributed by atoms with E-state index in [1.54, 1.807) is 0 Å². The maximum Gasteiger partial charge on any atom is 0.254 e. The predicted octanol–water partition coefficient (Wildman–Crippen LogP) is 6.09. The number of hydrogen-bond acceptors (Lipinski definition) is 2. The fourth-order valence-corrected chi connectivity index (χ4v) is 5.24. The zero-order valence-electron chi connectivity index (χ0n) is 25.0. The predicted molar refractivity (Wildman–Crippen MR) is 166 cm³/mol. The quantitative estimate of drug-likeness (QED) is 0.0867. The van der Waals surface area contributed by atoms with E-state index in [-0.39, 0.29) is 29.9 Å². The molecule has 3 rings (SSSR count). The summed E-state index contributed by atoms with van der Waals surface area (Å²) < 4.78 is 8.05. The average molecular weight is 691 g/mol. The highest BCUT2D eigenvalue weighted by molar-refractivity contribution is 6.32. The molecule has 0 aliphatic carbocycles. The van der Waals surface area contributed by atoms with E-state index in [0.717, 1.165) is 17.7 Å². The van der Waals surface area contributed by atoms with Gasteiger partial charge in [0.05, 0.1) is 11.6 Å². The summed E-state index contributed by atoms with van der Waals surface area (Å²) in [5, 5.41) is 0.591. The Balaban J connectivity index is 0.00000588. The molecule has 1 heterocycles. The van der Waals surface area contributed by atoms with E-state index in [2.05, 4.69) is 6.92 Å². The molecular weight excluding hydrogens is 643 g/mol. The highest BCUT2D eigenvalue weighted by Gasteiger charge is 2.20. The molecule has 0 saturated carbocycles. The van der Waals surface area contributed by atoms with E-state index in [1.807, 2.05) is 89.4 Å². The molecule has 0 aliphatic heterocycles. The van der Waals surface area contributed by atoms with Crippen molar-refractivity contribution < 1.29 is 38.1 Å². The molecule has 0 radical (unpaired) electrons. The zero-order valence-corrected chi connectivity index (χ0v) is 27.9. The molecule has 4 nitrogen and oxygen atoms in total. The van der Waals surface area contributed by atoms with Crippen LogP contribution in [-0.2, 0) is 20.1 Å². The number of benzene rings is 2. The number of ether oxygens (including phenoxy) is 1. The third-order valence-corrected chi connectivity index (χ3v) is 7.74. The van der Waals surface area contributed by atoms with Crippen molar-refractivity contribution in [3.63, 3.8) is 0 Å². The highest BCUT2D eigenvalue weighted by atomic mass is 127. The molecule has 2 aromatic carbocycles. The highest BCUT2D eigenvalue weighted by Crippen LogP contribution is 2.27. The second kappa shape index (κ2) is 20.7. The second-order valence-electron chi connectivity index (χ2n) is 10.8. The maximum atomic E-state index is 13.4. The number of halogens is 2. The molecule has 0 saturated heterocycles. The Bertz CT molecular complexity index is 1140. The third-order valence-electron chi connectivity index (χ3n) is 7.45. The molecule has 0 N–H and O–H groups in total. The van der Waals surface area contributed by atoms with Gasteiger partial charge in [-0.25, -0.2) is 4.57 Å². The Labute approximate surface area is 270 Å². The van der Waals surface area contributed by atoms with Crippen LogP contribution in [0.2, 0.25) is 5.02 Å². The Hall–Kier alpha value is -2.12. The van der Waals surface area contributed by atoms with Crippen LogP contribution in [-0.4, -0.2) is 17.4 Å². The number of nitrogens with zero attached hydrogens (tertiary/aromatic N) is 2. The number of carbonyl (C=O) groups excluding carboxylic acids is 1. The van der Waals surface area contributed by atoms with Gasteiger partial charge < -0.3 is 33.6 Å². The summed E-state index contributed by atoms with van der Waals surface area (Å²) in [5.74, 6) is 0.705. The van der Waals surface area contributed by atoms with Crippen LogP contribution >= 0.6 is 11.6 Å². The van der Waals surface area contributed by atoms with Gasteiger partial charge in [0, 0.05) is 24.2 Å². The fourth-order valence-electron chi connectivity index (χ4n) is 4.99. The molecule has 1 aromatic heterocycles. The molecule has 0 aliphatic rings. The molecule has 0 atom stereocenters. The summed E-state index contributed by atoms with van der Waals surface area (Å²) in [6.45, 7) is 3.91. The van der Waals surface area contributed by atoms with E-state index < -0.39 is 0 Å². The molecule has 1 amide bonds. The van der Waals surface area contributed by atoms with Crippen molar-refractivity contribution in [1.82, 2.24) is 4.90 Å². The molecule has 0 unspecified atom stereocenters. The van der Waals surface area contributed by atoms with Gasteiger partial charge in [0.15, 0.2) is 6.20 Å². The van der Waals surface area contributed by atoms with Gasteiger partial charge in [-0.1, -0.05) is 119 Å². The van der Waals surface area contributed by atoms with Crippen LogP contribution in [0.15, 0.2) is 72.9 Å². The van der Waals surface area contributed by atoms with Crippen LogP contribution in [0, 0.1) is 0 Å². The van der Waals surface area contributed by atoms with Gasteiger partial charge in [0.2, 0.25) is 5.69 Å². The van der Waals surface area contributed by atoms with Gasteiger partial charge in [0.1, 0.15) is 19.3 Å². The lowest BCUT2D eigenvalue weighted by Gasteiger charge is -2.22. The number of amides is 1. The summed E-state index contributed by atoms with van der Waals surface area (Å²) >= 11 is 6.61. The minimum Gasteiger partial charge on any atom is -1.00 e. The molecule has 224 valence electrons. The smallest absolute Gasteiger partial charge is 0.254 e. The third kappa shape index (κ3) is 13.2. The molecule has 0 spiro atoms. The first-order valence-electron chi connectivity index (χ1n) is 15.3. The summed E-state index contributed by atoms with van der Waals surface area (Å²) in [5.41, 5.74) is 2.71. The number of unbranched alkanes of at least 4 members (excludes halogenated alkanes) is 11. The first-order valence-corrected chi connectivity index (χ1v) is 15.7. The van der Waals surface area contributed by atoms with E-state index in [0.29, 0.717) is 36.0 Å². The van der Waals surface area contributed by atoms with Crippen molar-refractivity contribution in [1.29, 1.82) is 0 Å². The summed E-state index contributed by atoms with van der Waals surface area (Å²) in [4.78, 5) is 15.3. The van der Waals surface area contributed by atoms with Gasteiger partial charge >= 0.3 is 0 Å². The van der Waals surface area contributed by atoms with Crippen LogP contribution < -0.4 is 33.3 Å². The SMILES string of the molecule is CCCCCCCCCCCCCCOc1ccc(CN(Cc2cccc[n+]2C)C(=O)c2ccccc2)cc1Cl.[I-]. The normalized spacial score (nSPS) is 10.7. The number of rotatable bonds is 19. The van der Waals surface area contributed by atoms with Gasteiger partial charge in [-0.15, -0.1) is 0 Å². The average Bonchev–Trinajstić information content (AvgIpc) is 2.97. The Morgan fingerprint density at radius 1 is 0.780 bits per heavy atom. The van der Waals surface area contributed by atoms with Gasteiger partial charge in [-0.05, 0) is 36.2 Å². The van der Waals surface area contributed by atoms with Crippen molar-refractivity contribution in [3.05, 3.63) is 94.8 Å². The van der Waals surface area contributed by atoms with E-state index >= 15 is 0 Å². The van der Waals surface area contributed by atoms with Gasteiger partial charge in [-0.3, -0.25) is 4.79 Å². The lowest BCUT2D eigenvalue weighted by Crippen LogP contribution is -3.00. The van der Waals surface area contributed by atoms with Crippen LogP contribution in [0.5, 0.6) is 5.75 Å². The molecular formula is C35H48ClIN2O2. The van der Waals surface area contributed by atoms with Crippen LogP contribution in [0.3, 0.4) is 0 Å². The number of aromatic nitrogens is 1. The lowest BCUT2D eigenvalue weighted by molar-refractivity contribution is -0.680. The molecule has 0 bridgehead atoms. The topological polar surface area (TPSA) is 33.4 Å². The summed E-state index contributed by atoms with van der Waals surface area (Å²) in [6, 6.07) is 21.4. The largest absolute Gasteiger partial charge is 1.00 e. The minimum absolute atomic E-state index is 0. The number of pyridine rings is 1. The maximum absolute atomic E-state index is 13.4. The van der Waals surface area contributed by atoms with E-state index in [1.165, 1.54) is 70.6 Å². The van der Waals surface area contributed by atoms with Crippen molar-refractivity contribution in [2.45, 2.75) is 97.1 Å². The van der Waals surface area contributed by atoms with Gasteiger partial charge in [0.25, 0.3) is 5.91 Å². The Morgan fingerprint density at radius 2 is 1.39 bits per heavy atom. The second-order valence-corrected chi connectivity index (χ2v) is 11.2. The van der Waals surface area contributed by atoms with Crippen molar-refractivity contribution in [2.75, 3.05) is 6.61 Å². The van der Waals surface area contributed by atoms with E-state index in [9.17, 15) is 4.79 Å². The first-order chi connectivity index (χ1) is 19.6. The van der Waals surface area contributed by atoms with Crippen molar-refractivity contribution >= 4 is 17.5 Å². The standard InChI is InChI=1S/C35H48ClN2O2.HI/c1-3-4-5-6-7-8-9-10-11-12-13-19-26-40-34-24-23-30(27-33(34)36)28-38(29-32-22-17-18-25-37(32)2)35(39)31-20-15-14-16-21-31;/h14-18,20-25,27H,3-13,19,26,28-29H2,1-2H3;1H/q+1;/p-1. The monoisotopic (exact) mass is 690 g/mol. The van der Waals surface area contributed by atoms with Crippen LogP contribution in [0.1, 0.15) is 106 Å². The fraction of sp³-hybridized carbons (Fsp3) is 0.486. The van der Waals surface area contributed by atoms with Gasteiger partial charge in [-0.2, -0.15) is 0 Å². The van der Waals surface area contributed by atoms with Crippen molar-refractivity contribution in [3.8, 4) is 5.75 Å². The molecule has 0 fully saturated rings. The number of carbonyl (C=O) groups is 1. The van der Waals surface area contributed by atoms with Crippen molar-refractivity contribution in [2.24, 2.45) is 7.05 Å². The molecule has 6 heteroatoms. The van der Waals surface area contributed by atoms with E-state index in [4.69, 9.17) is 16.3 Å². The number of hydrogen-bond donors (Lipinski definition) is 0. The number of aryl methyl sites for hydroxylation is 1. The lowest BCUT2D eigenvalue weighted by atomic mass is 10.1. The first kappa shape index (κ1) is 35.1. The molecule has 41 heavy (non-hydrogen) atoms. The van der Waals surface area contributed by atoms with Crippen LogP contribution in [0.4, 0.5) is 0 Å². The summed E-state index contributed by atoms with van der Waals surface area (Å²) in [6.07, 6.45) is 17.9. The zero-order chi connectivity index (χ0) is 28.4. The molecule has 3 aromatic rings. The Morgan fingerprint density at radius 3 is 2.00 bits per heavy atom. The minimum atomic E-state index is -0.00660.